The number of carbonyl (C=O) groups is 1. The minimum atomic E-state index is -1.06. The molecule has 146 valence electrons. The molecule has 7 heteroatoms. The highest BCUT2D eigenvalue weighted by Crippen LogP contribution is 2.36. The van der Waals surface area contributed by atoms with E-state index in [9.17, 15) is 4.79 Å². The molecule has 0 spiro atoms. The number of rotatable bonds is 7. The normalized spacial score (nSPS) is 21.4. The first-order valence-electron chi connectivity index (χ1n) is 8.81. The van der Waals surface area contributed by atoms with Crippen molar-refractivity contribution < 1.29 is 14.3 Å². The molecule has 1 aromatic heterocycles. The fourth-order valence-corrected chi connectivity index (χ4v) is 3.26. The van der Waals surface area contributed by atoms with Crippen LogP contribution in [-0.4, -0.2) is 34.7 Å². The van der Waals surface area contributed by atoms with Gasteiger partial charge in [0.25, 0.3) is 0 Å². The van der Waals surface area contributed by atoms with Gasteiger partial charge in [0.1, 0.15) is 17.6 Å². The Morgan fingerprint density at radius 1 is 1.39 bits per heavy atom. The Hall–Kier alpha value is -2.70. The molecule has 0 saturated heterocycles. The van der Waals surface area contributed by atoms with Crippen molar-refractivity contribution in [3.63, 3.8) is 0 Å². The van der Waals surface area contributed by atoms with E-state index in [0.717, 1.165) is 5.57 Å². The summed E-state index contributed by atoms with van der Waals surface area (Å²) in [4.78, 5) is 13.4. The van der Waals surface area contributed by atoms with Gasteiger partial charge in [-0.15, -0.1) is 11.4 Å². The number of ether oxygens (including phenoxy) is 2. The van der Waals surface area contributed by atoms with Gasteiger partial charge in [0.15, 0.2) is 0 Å². The van der Waals surface area contributed by atoms with E-state index in [1.54, 1.807) is 32.2 Å². The maximum atomic E-state index is 11.9. The number of aromatic nitrogens is 3. The smallest absolute Gasteiger partial charge is 0.333 e. The molecule has 6 nitrogen and oxygen atoms in total. The molecule has 0 radical (unpaired) electrons. The van der Waals surface area contributed by atoms with Crippen LogP contribution >= 0.6 is 11.6 Å². The number of carbonyl (C=O) groups excluding carboxylic acids is 1. The second kappa shape index (κ2) is 8.12. The van der Waals surface area contributed by atoms with Crippen LogP contribution in [0.2, 0.25) is 5.02 Å². The molecule has 28 heavy (non-hydrogen) atoms. The molecule has 2 aromatic rings. The first-order valence-corrected chi connectivity index (χ1v) is 9.19. The van der Waals surface area contributed by atoms with Gasteiger partial charge in [0.05, 0.1) is 5.92 Å². The molecule has 2 unspecified atom stereocenters. The lowest BCUT2D eigenvalue weighted by atomic mass is 9.87. The molecule has 3 rings (SSSR count). The zero-order chi connectivity index (χ0) is 20.3. The predicted octanol–water partition coefficient (Wildman–Crippen LogP) is 4.19. The highest BCUT2D eigenvalue weighted by atomic mass is 35.5. The summed E-state index contributed by atoms with van der Waals surface area (Å²) in [5.74, 6) is -0.795. The fraction of sp³-hybridized carbons (Fsp3) is 0.286. The lowest BCUT2D eigenvalue weighted by Gasteiger charge is -2.37. The number of halogens is 1. The summed E-state index contributed by atoms with van der Waals surface area (Å²) in [5.41, 5.74) is 1.61. The van der Waals surface area contributed by atoms with Gasteiger partial charge in [-0.3, -0.25) is 0 Å². The van der Waals surface area contributed by atoms with Crippen LogP contribution < -0.4 is 0 Å². The number of nitrogens with zero attached hydrogens (tertiary/aromatic N) is 3. The second-order valence-electron chi connectivity index (χ2n) is 6.63. The number of hydrogen-bond donors (Lipinski definition) is 0. The number of esters is 1. The van der Waals surface area contributed by atoms with E-state index in [4.69, 9.17) is 21.1 Å². The van der Waals surface area contributed by atoms with Gasteiger partial charge in [-0.2, -0.15) is 10.2 Å². The van der Waals surface area contributed by atoms with Crippen LogP contribution in [0.5, 0.6) is 0 Å². The number of fused-ring (bicyclic) bond motifs is 1. The number of methoxy groups -OCH3 is 1. The standard InChI is InChI=1S/C21H22ClN3O3/c1-5-6-15-7-8-16(13-28-20(26)14(2)3)21(12-15,27-4)25-23-18-10-9-17(22)11-19(18)24-25/h5,7-12,16H,1-2,6,13H2,3-4H3. The molecular formula is C21H22ClN3O3. The fourth-order valence-electron chi connectivity index (χ4n) is 3.10. The number of benzene rings is 1. The summed E-state index contributed by atoms with van der Waals surface area (Å²) >= 11 is 6.08. The molecule has 0 saturated carbocycles. The second-order valence-corrected chi connectivity index (χ2v) is 7.07. The van der Waals surface area contributed by atoms with Crippen molar-refractivity contribution in [2.24, 2.45) is 5.92 Å². The Bertz CT molecular complexity index is 992. The van der Waals surface area contributed by atoms with Crippen LogP contribution in [0.25, 0.3) is 11.0 Å². The molecule has 1 aromatic carbocycles. The third-order valence-corrected chi connectivity index (χ3v) is 4.81. The first-order chi connectivity index (χ1) is 13.4. The van der Waals surface area contributed by atoms with E-state index in [1.165, 1.54) is 4.80 Å². The lowest BCUT2D eigenvalue weighted by Crippen LogP contribution is -2.46. The molecule has 1 aliphatic carbocycles. The molecule has 0 aliphatic heterocycles. The summed E-state index contributed by atoms with van der Waals surface area (Å²) in [7, 11) is 1.58. The van der Waals surface area contributed by atoms with E-state index >= 15 is 0 Å². The Morgan fingerprint density at radius 2 is 2.14 bits per heavy atom. The highest BCUT2D eigenvalue weighted by Gasteiger charge is 2.43. The minimum absolute atomic E-state index is 0.0898. The van der Waals surface area contributed by atoms with Crippen molar-refractivity contribution in [2.45, 2.75) is 19.1 Å². The van der Waals surface area contributed by atoms with Crippen molar-refractivity contribution in [3.05, 3.63) is 71.8 Å². The molecular weight excluding hydrogens is 378 g/mol. The quantitative estimate of drug-likeness (QED) is 0.396. The zero-order valence-electron chi connectivity index (χ0n) is 15.9. The Balaban J connectivity index is 2.05. The molecule has 0 amide bonds. The molecule has 1 heterocycles. The minimum Gasteiger partial charge on any atom is -0.462 e. The zero-order valence-corrected chi connectivity index (χ0v) is 16.6. The lowest BCUT2D eigenvalue weighted by molar-refractivity contribution is -0.147. The van der Waals surface area contributed by atoms with Gasteiger partial charge in [0, 0.05) is 17.7 Å². The van der Waals surface area contributed by atoms with E-state index in [1.807, 2.05) is 24.3 Å². The molecule has 0 bridgehead atoms. The Kier molecular flexibility index (Phi) is 5.82. The maximum Gasteiger partial charge on any atom is 0.333 e. The van der Waals surface area contributed by atoms with Crippen LogP contribution in [0.15, 0.2) is 66.8 Å². The summed E-state index contributed by atoms with van der Waals surface area (Å²) in [6, 6.07) is 5.30. The monoisotopic (exact) mass is 399 g/mol. The van der Waals surface area contributed by atoms with Gasteiger partial charge in [-0.05, 0) is 43.2 Å². The van der Waals surface area contributed by atoms with E-state index in [-0.39, 0.29) is 12.5 Å². The molecule has 1 aliphatic rings. The SMILES string of the molecule is C=CCC1=CC(OC)(n2nc3ccc(Cl)cc3n2)C(COC(=O)C(=C)C)C=C1. The van der Waals surface area contributed by atoms with Crippen molar-refractivity contribution in [1.82, 2.24) is 15.0 Å². The van der Waals surface area contributed by atoms with Gasteiger partial charge < -0.3 is 9.47 Å². The summed E-state index contributed by atoms with van der Waals surface area (Å²) in [6.45, 7) is 9.11. The van der Waals surface area contributed by atoms with Crippen molar-refractivity contribution in [3.8, 4) is 0 Å². The van der Waals surface area contributed by atoms with Crippen molar-refractivity contribution >= 4 is 28.6 Å². The van der Waals surface area contributed by atoms with Gasteiger partial charge in [-0.1, -0.05) is 36.4 Å². The van der Waals surface area contributed by atoms with E-state index in [2.05, 4.69) is 23.4 Å². The van der Waals surface area contributed by atoms with Crippen LogP contribution in [0, 0.1) is 5.92 Å². The molecule has 0 N–H and O–H groups in total. The average molecular weight is 400 g/mol. The van der Waals surface area contributed by atoms with E-state index in [0.29, 0.717) is 28.0 Å². The summed E-state index contributed by atoms with van der Waals surface area (Å²) < 4.78 is 11.3. The summed E-state index contributed by atoms with van der Waals surface area (Å²) in [5, 5.41) is 9.74. The topological polar surface area (TPSA) is 66.2 Å². The van der Waals surface area contributed by atoms with Gasteiger partial charge >= 0.3 is 5.97 Å². The Morgan fingerprint density at radius 3 is 2.82 bits per heavy atom. The molecule has 0 fully saturated rings. The van der Waals surface area contributed by atoms with E-state index < -0.39 is 11.7 Å². The van der Waals surface area contributed by atoms with Crippen LogP contribution in [-0.2, 0) is 20.0 Å². The Labute approximate surface area is 168 Å². The predicted molar refractivity (Wildman–Crippen MR) is 109 cm³/mol. The molecule has 2 atom stereocenters. The number of hydrogen-bond acceptors (Lipinski definition) is 5. The summed E-state index contributed by atoms with van der Waals surface area (Å²) in [6.07, 6.45) is 8.32. The van der Waals surface area contributed by atoms with Crippen LogP contribution in [0.3, 0.4) is 0 Å². The van der Waals surface area contributed by atoms with Crippen molar-refractivity contribution in [2.75, 3.05) is 13.7 Å². The van der Waals surface area contributed by atoms with Crippen LogP contribution in [0.1, 0.15) is 13.3 Å². The largest absolute Gasteiger partial charge is 0.462 e. The maximum absolute atomic E-state index is 11.9. The third-order valence-electron chi connectivity index (χ3n) is 4.57. The highest BCUT2D eigenvalue weighted by molar-refractivity contribution is 6.31. The number of allylic oxidation sites excluding steroid dienone is 3. The van der Waals surface area contributed by atoms with Crippen molar-refractivity contribution in [1.29, 1.82) is 0 Å². The van der Waals surface area contributed by atoms with Gasteiger partial charge in [0.2, 0.25) is 5.72 Å². The third kappa shape index (κ3) is 3.79. The first kappa shape index (κ1) is 20.0. The average Bonchev–Trinajstić information content (AvgIpc) is 3.10. The van der Waals surface area contributed by atoms with Crippen LogP contribution in [0.4, 0.5) is 0 Å². The van der Waals surface area contributed by atoms with Gasteiger partial charge in [-0.25, -0.2) is 4.79 Å².